The number of methoxy groups -OCH3 is 2. The number of nitrogens with zero attached hydrogens (tertiary/aromatic N) is 1. The highest BCUT2D eigenvalue weighted by atomic mass is 32.1. The van der Waals surface area contributed by atoms with Gasteiger partial charge in [-0.2, -0.15) is 0 Å². The van der Waals surface area contributed by atoms with Crippen molar-refractivity contribution in [1.29, 1.82) is 5.41 Å². The first-order valence-electron chi connectivity index (χ1n) is 5.61. The van der Waals surface area contributed by atoms with Crippen LogP contribution in [0.3, 0.4) is 0 Å². The molecule has 0 fully saturated rings. The minimum atomic E-state index is 0.0433. The third kappa shape index (κ3) is 2.53. The van der Waals surface area contributed by atoms with E-state index in [0.717, 1.165) is 16.3 Å². The molecular formula is C13H15N3O2S. The van der Waals surface area contributed by atoms with Crippen molar-refractivity contribution in [3.05, 3.63) is 28.8 Å². The van der Waals surface area contributed by atoms with Gasteiger partial charge in [-0.25, -0.2) is 4.98 Å². The first-order chi connectivity index (χ1) is 9.06. The number of nitrogens with two attached hydrogens (primary N) is 1. The molecule has 6 heteroatoms. The molecule has 19 heavy (non-hydrogen) atoms. The number of hydrogen-bond acceptors (Lipinski definition) is 5. The number of thiazole rings is 1. The Balaban J connectivity index is 2.47. The average Bonchev–Trinajstić information content (AvgIpc) is 2.80. The summed E-state index contributed by atoms with van der Waals surface area (Å²) in [5, 5.41) is 8.31. The molecule has 100 valence electrons. The zero-order chi connectivity index (χ0) is 14.0. The molecule has 0 amide bonds. The van der Waals surface area contributed by atoms with Crippen LogP contribution in [0.5, 0.6) is 11.5 Å². The van der Waals surface area contributed by atoms with Crippen molar-refractivity contribution in [3.8, 4) is 22.1 Å². The topological polar surface area (TPSA) is 81.2 Å². The van der Waals surface area contributed by atoms with E-state index < -0.39 is 0 Å². The highest BCUT2D eigenvalue weighted by molar-refractivity contribution is 7.17. The van der Waals surface area contributed by atoms with Crippen molar-refractivity contribution in [2.45, 2.75) is 6.92 Å². The van der Waals surface area contributed by atoms with E-state index in [1.807, 2.05) is 25.1 Å². The molecule has 1 aromatic heterocycles. The van der Waals surface area contributed by atoms with Gasteiger partial charge in [0, 0.05) is 5.56 Å². The summed E-state index contributed by atoms with van der Waals surface area (Å²) in [6, 6.07) is 5.60. The van der Waals surface area contributed by atoms with E-state index in [9.17, 15) is 0 Å². The van der Waals surface area contributed by atoms with Crippen molar-refractivity contribution in [1.82, 2.24) is 4.98 Å². The highest BCUT2D eigenvalue weighted by Gasteiger charge is 2.13. The van der Waals surface area contributed by atoms with Crippen molar-refractivity contribution in [2.75, 3.05) is 14.2 Å². The van der Waals surface area contributed by atoms with Gasteiger partial charge in [0.1, 0.15) is 10.8 Å². The molecule has 2 aromatic rings. The smallest absolute Gasteiger partial charge is 0.161 e. The van der Waals surface area contributed by atoms with Gasteiger partial charge < -0.3 is 15.2 Å². The lowest BCUT2D eigenvalue weighted by Crippen LogP contribution is -2.10. The molecule has 0 saturated carbocycles. The van der Waals surface area contributed by atoms with Crippen LogP contribution in [-0.4, -0.2) is 25.0 Å². The van der Waals surface area contributed by atoms with E-state index in [2.05, 4.69) is 4.98 Å². The van der Waals surface area contributed by atoms with Crippen LogP contribution in [-0.2, 0) is 0 Å². The van der Waals surface area contributed by atoms with Crippen LogP contribution in [0.25, 0.3) is 10.6 Å². The molecule has 0 aliphatic heterocycles. The Morgan fingerprint density at radius 1 is 1.26 bits per heavy atom. The molecule has 0 aliphatic carbocycles. The van der Waals surface area contributed by atoms with Crippen LogP contribution in [0.4, 0.5) is 0 Å². The van der Waals surface area contributed by atoms with Gasteiger partial charge in [-0.1, -0.05) is 0 Å². The molecule has 0 radical (unpaired) electrons. The van der Waals surface area contributed by atoms with Gasteiger partial charge in [-0.15, -0.1) is 11.3 Å². The van der Waals surface area contributed by atoms with Gasteiger partial charge in [0.15, 0.2) is 11.5 Å². The summed E-state index contributed by atoms with van der Waals surface area (Å²) in [7, 11) is 3.19. The third-order valence-corrected chi connectivity index (χ3v) is 3.91. The Hall–Kier alpha value is -2.08. The summed E-state index contributed by atoms with van der Waals surface area (Å²) >= 11 is 1.40. The summed E-state index contributed by atoms with van der Waals surface area (Å²) in [4.78, 5) is 5.13. The average molecular weight is 277 g/mol. The van der Waals surface area contributed by atoms with E-state index in [1.165, 1.54) is 11.3 Å². The summed E-state index contributed by atoms with van der Waals surface area (Å²) in [6.07, 6.45) is 0. The van der Waals surface area contributed by atoms with Gasteiger partial charge >= 0.3 is 0 Å². The van der Waals surface area contributed by atoms with Crippen LogP contribution >= 0.6 is 11.3 Å². The molecule has 0 atom stereocenters. The predicted octanol–water partition coefficient (Wildman–Crippen LogP) is 2.42. The van der Waals surface area contributed by atoms with Crippen molar-refractivity contribution >= 4 is 17.2 Å². The number of benzene rings is 1. The van der Waals surface area contributed by atoms with E-state index in [0.29, 0.717) is 16.4 Å². The molecule has 0 bridgehead atoms. The summed E-state index contributed by atoms with van der Waals surface area (Å²) in [6.45, 7) is 1.84. The number of ether oxygens (including phenoxy) is 2. The maximum atomic E-state index is 7.50. The fourth-order valence-electron chi connectivity index (χ4n) is 1.74. The summed E-state index contributed by atoms with van der Waals surface area (Å²) in [5.74, 6) is 1.37. The van der Waals surface area contributed by atoms with E-state index >= 15 is 0 Å². The molecule has 1 aromatic carbocycles. The molecular weight excluding hydrogens is 262 g/mol. The maximum absolute atomic E-state index is 7.50. The van der Waals surface area contributed by atoms with Crippen LogP contribution in [0.15, 0.2) is 18.2 Å². The maximum Gasteiger partial charge on any atom is 0.161 e. The standard InChI is InChI=1S/C13H15N3O2S/c1-7-11(12(14)15)19-13(16-7)8-4-5-9(17-2)10(6-8)18-3/h4-6H,1-3H3,(H3,14,15). The first-order valence-corrected chi connectivity index (χ1v) is 6.42. The zero-order valence-electron chi connectivity index (χ0n) is 11.0. The number of nitrogen functional groups attached to an aromatic ring is 1. The molecule has 0 aliphatic rings. The second-order valence-corrected chi connectivity index (χ2v) is 4.92. The number of nitrogens with one attached hydrogen (secondary N) is 1. The fraction of sp³-hybridized carbons (Fsp3) is 0.231. The highest BCUT2D eigenvalue weighted by Crippen LogP contribution is 2.34. The third-order valence-electron chi connectivity index (χ3n) is 2.67. The molecule has 2 rings (SSSR count). The SMILES string of the molecule is COc1ccc(-c2nc(C)c(C(=N)N)s2)cc1OC. The largest absolute Gasteiger partial charge is 0.493 e. The number of hydrogen-bond donors (Lipinski definition) is 2. The Morgan fingerprint density at radius 2 is 1.95 bits per heavy atom. The van der Waals surface area contributed by atoms with Crippen molar-refractivity contribution in [2.24, 2.45) is 5.73 Å². The lowest BCUT2D eigenvalue weighted by Gasteiger charge is -2.08. The van der Waals surface area contributed by atoms with Crippen LogP contribution in [0.1, 0.15) is 10.6 Å². The van der Waals surface area contributed by atoms with Gasteiger partial charge in [0.2, 0.25) is 0 Å². The summed E-state index contributed by atoms with van der Waals surface area (Å²) < 4.78 is 10.5. The van der Waals surface area contributed by atoms with E-state index in [1.54, 1.807) is 14.2 Å². The molecule has 0 saturated heterocycles. The lowest BCUT2D eigenvalue weighted by atomic mass is 10.2. The molecule has 3 N–H and O–H groups in total. The fourth-order valence-corrected chi connectivity index (χ4v) is 2.66. The van der Waals surface area contributed by atoms with E-state index in [4.69, 9.17) is 20.6 Å². The first kappa shape index (κ1) is 13.4. The molecule has 0 spiro atoms. The molecule has 5 nitrogen and oxygen atoms in total. The van der Waals surface area contributed by atoms with E-state index in [-0.39, 0.29) is 5.84 Å². The zero-order valence-corrected chi connectivity index (χ0v) is 11.8. The number of amidine groups is 1. The Bertz CT molecular complexity index is 622. The summed E-state index contributed by atoms with van der Waals surface area (Å²) in [5.41, 5.74) is 7.20. The lowest BCUT2D eigenvalue weighted by molar-refractivity contribution is 0.355. The van der Waals surface area contributed by atoms with Crippen LogP contribution < -0.4 is 15.2 Å². The minimum Gasteiger partial charge on any atom is -0.493 e. The minimum absolute atomic E-state index is 0.0433. The second-order valence-electron chi connectivity index (χ2n) is 3.92. The number of aromatic nitrogens is 1. The molecule has 1 heterocycles. The predicted molar refractivity (Wildman–Crippen MR) is 76.4 cm³/mol. The Kier molecular flexibility index (Phi) is 3.71. The van der Waals surface area contributed by atoms with Gasteiger partial charge in [-0.05, 0) is 25.1 Å². The van der Waals surface area contributed by atoms with Crippen molar-refractivity contribution in [3.63, 3.8) is 0 Å². The Morgan fingerprint density at radius 3 is 2.47 bits per heavy atom. The molecule has 0 unspecified atom stereocenters. The normalized spacial score (nSPS) is 10.3. The van der Waals surface area contributed by atoms with Gasteiger partial charge in [-0.3, -0.25) is 5.41 Å². The second kappa shape index (κ2) is 5.27. The number of aryl methyl sites for hydroxylation is 1. The number of rotatable bonds is 4. The van der Waals surface area contributed by atoms with Gasteiger partial charge in [0.25, 0.3) is 0 Å². The van der Waals surface area contributed by atoms with Crippen LogP contribution in [0.2, 0.25) is 0 Å². The van der Waals surface area contributed by atoms with Crippen LogP contribution in [0, 0.1) is 12.3 Å². The van der Waals surface area contributed by atoms with Crippen molar-refractivity contribution < 1.29 is 9.47 Å². The quantitative estimate of drug-likeness (QED) is 0.664. The Labute approximate surface area is 115 Å². The van der Waals surface area contributed by atoms with Gasteiger partial charge in [0.05, 0.1) is 24.8 Å². The monoisotopic (exact) mass is 277 g/mol.